The molecule has 20 heavy (non-hydrogen) atoms. The van der Waals surface area contributed by atoms with Gasteiger partial charge in [-0.25, -0.2) is 0 Å². The molecule has 2 N–H and O–H groups in total. The number of piperidine rings is 1. The van der Waals surface area contributed by atoms with Crippen LogP contribution in [0.3, 0.4) is 0 Å². The number of pyridine rings is 1. The molecule has 7 heteroatoms. The van der Waals surface area contributed by atoms with Gasteiger partial charge >= 0.3 is 5.69 Å². The van der Waals surface area contributed by atoms with Crippen molar-refractivity contribution in [1.82, 2.24) is 4.98 Å². The number of ether oxygens (including phenoxy) is 1. The van der Waals surface area contributed by atoms with Crippen LogP contribution in [0.2, 0.25) is 0 Å². The second-order valence-electron chi connectivity index (χ2n) is 5.13. The topological polar surface area (TPSA) is 94.5 Å². The summed E-state index contributed by atoms with van der Waals surface area (Å²) in [5, 5.41) is 11.2. The first kappa shape index (κ1) is 14.5. The molecule has 1 aromatic heterocycles. The number of rotatable bonds is 4. The number of methoxy groups -OCH3 is 1. The third-order valence-corrected chi connectivity index (χ3v) is 3.82. The molecule has 0 aliphatic carbocycles. The third kappa shape index (κ3) is 2.82. The molecule has 1 aliphatic rings. The number of aromatic nitrogens is 1. The van der Waals surface area contributed by atoms with Gasteiger partial charge in [0.15, 0.2) is 0 Å². The van der Waals surface area contributed by atoms with E-state index in [0.29, 0.717) is 30.7 Å². The van der Waals surface area contributed by atoms with Gasteiger partial charge in [-0.1, -0.05) is 0 Å². The molecule has 1 fully saturated rings. The van der Waals surface area contributed by atoms with E-state index < -0.39 is 4.92 Å². The molecule has 0 aromatic carbocycles. The van der Waals surface area contributed by atoms with Gasteiger partial charge in [-0.3, -0.25) is 10.1 Å². The molecule has 0 amide bonds. The third-order valence-electron chi connectivity index (χ3n) is 3.82. The van der Waals surface area contributed by atoms with Crippen LogP contribution in [-0.2, 0) is 0 Å². The fourth-order valence-electron chi connectivity index (χ4n) is 2.56. The smallest absolute Gasteiger partial charge is 0.311 e. The van der Waals surface area contributed by atoms with Crippen LogP contribution >= 0.6 is 0 Å². The predicted octanol–water partition coefficient (Wildman–Crippen LogP) is 1.56. The van der Waals surface area contributed by atoms with E-state index in [0.717, 1.165) is 12.8 Å². The van der Waals surface area contributed by atoms with Crippen molar-refractivity contribution < 1.29 is 9.66 Å². The minimum absolute atomic E-state index is 0.00956. The number of nitrogens with zero attached hydrogens (tertiary/aromatic N) is 3. The van der Waals surface area contributed by atoms with Crippen LogP contribution < -0.4 is 15.4 Å². The molecule has 1 aliphatic heterocycles. The number of nitrogens with two attached hydrogens (primary N) is 1. The van der Waals surface area contributed by atoms with Crippen LogP contribution in [0.4, 0.5) is 11.5 Å². The van der Waals surface area contributed by atoms with Crippen molar-refractivity contribution >= 4 is 11.5 Å². The number of hydrogen-bond donors (Lipinski definition) is 1. The van der Waals surface area contributed by atoms with Crippen molar-refractivity contribution in [2.24, 2.45) is 11.7 Å². The highest BCUT2D eigenvalue weighted by Gasteiger charge is 2.31. The lowest BCUT2D eigenvalue weighted by molar-refractivity contribution is -0.384. The van der Waals surface area contributed by atoms with Gasteiger partial charge in [0.05, 0.1) is 12.0 Å². The lowest BCUT2D eigenvalue weighted by atomic mass is 9.93. The Hall–Kier alpha value is -1.89. The van der Waals surface area contributed by atoms with Crippen molar-refractivity contribution in [2.75, 3.05) is 25.1 Å². The number of nitro groups is 1. The maximum atomic E-state index is 11.2. The van der Waals surface area contributed by atoms with E-state index in [1.165, 1.54) is 19.2 Å². The summed E-state index contributed by atoms with van der Waals surface area (Å²) in [5.74, 6) is 1.10. The van der Waals surface area contributed by atoms with Crippen LogP contribution in [0.15, 0.2) is 12.1 Å². The minimum Gasteiger partial charge on any atom is -0.481 e. The quantitative estimate of drug-likeness (QED) is 0.664. The molecule has 0 saturated carbocycles. The maximum Gasteiger partial charge on any atom is 0.311 e. The largest absolute Gasteiger partial charge is 0.481 e. The first-order valence-electron chi connectivity index (χ1n) is 6.73. The molecule has 1 aromatic rings. The second kappa shape index (κ2) is 6.04. The molecule has 2 atom stereocenters. The van der Waals surface area contributed by atoms with Gasteiger partial charge in [0.25, 0.3) is 0 Å². The first-order chi connectivity index (χ1) is 9.56. The first-order valence-corrected chi connectivity index (χ1v) is 6.73. The van der Waals surface area contributed by atoms with Crippen LogP contribution in [0.25, 0.3) is 0 Å². The van der Waals surface area contributed by atoms with E-state index in [9.17, 15) is 10.1 Å². The summed E-state index contributed by atoms with van der Waals surface area (Å²) in [6, 6.07) is 3.16. The van der Waals surface area contributed by atoms with Gasteiger partial charge in [-0.2, -0.15) is 4.98 Å². The van der Waals surface area contributed by atoms with Gasteiger partial charge < -0.3 is 15.4 Å². The Morgan fingerprint density at radius 1 is 1.55 bits per heavy atom. The SMILES string of the molecule is COc1ccc([N+](=O)[O-])c(N2CC(CN)CCC2C)n1. The number of anilines is 1. The zero-order valence-corrected chi connectivity index (χ0v) is 11.8. The van der Waals surface area contributed by atoms with Gasteiger partial charge in [0.2, 0.25) is 11.7 Å². The van der Waals surface area contributed by atoms with E-state index in [2.05, 4.69) is 11.9 Å². The lowest BCUT2D eigenvalue weighted by Crippen LogP contribution is -2.44. The number of hydrogen-bond acceptors (Lipinski definition) is 6. The molecule has 2 unspecified atom stereocenters. The summed E-state index contributed by atoms with van der Waals surface area (Å²) in [6.07, 6.45) is 2.00. The highest BCUT2D eigenvalue weighted by molar-refractivity contribution is 5.59. The van der Waals surface area contributed by atoms with Crippen molar-refractivity contribution in [3.8, 4) is 5.88 Å². The molecule has 1 saturated heterocycles. The second-order valence-corrected chi connectivity index (χ2v) is 5.13. The normalized spacial score (nSPS) is 22.6. The molecule has 110 valence electrons. The fourth-order valence-corrected chi connectivity index (χ4v) is 2.56. The van der Waals surface area contributed by atoms with Crippen LogP contribution in [0.1, 0.15) is 19.8 Å². The average Bonchev–Trinajstić information content (AvgIpc) is 2.47. The van der Waals surface area contributed by atoms with Gasteiger partial charge in [0, 0.05) is 24.7 Å². The van der Waals surface area contributed by atoms with E-state index in [4.69, 9.17) is 10.5 Å². The van der Waals surface area contributed by atoms with Gasteiger partial charge in [0.1, 0.15) is 0 Å². The Morgan fingerprint density at radius 2 is 2.30 bits per heavy atom. The van der Waals surface area contributed by atoms with Gasteiger partial charge in [-0.15, -0.1) is 0 Å². The molecule has 0 spiro atoms. The van der Waals surface area contributed by atoms with E-state index >= 15 is 0 Å². The molecule has 0 bridgehead atoms. The highest BCUT2D eigenvalue weighted by atomic mass is 16.6. The standard InChI is InChI=1S/C13H20N4O3/c1-9-3-4-10(7-14)8-16(9)13-11(17(18)19)5-6-12(15-13)20-2/h5-6,9-10H,3-4,7-8,14H2,1-2H3. The fraction of sp³-hybridized carbons (Fsp3) is 0.615. The Kier molecular flexibility index (Phi) is 4.39. The lowest BCUT2D eigenvalue weighted by Gasteiger charge is -2.38. The Morgan fingerprint density at radius 3 is 2.90 bits per heavy atom. The summed E-state index contributed by atoms with van der Waals surface area (Å²) in [5.41, 5.74) is 5.75. The summed E-state index contributed by atoms with van der Waals surface area (Å²) in [6.45, 7) is 3.33. The minimum atomic E-state index is -0.402. The van der Waals surface area contributed by atoms with Crippen molar-refractivity contribution in [3.05, 3.63) is 22.2 Å². The average molecular weight is 280 g/mol. The monoisotopic (exact) mass is 280 g/mol. The van der Waals surface area contributed by atoms with Crippen molar-refractivity contribution in [2.45, 2.75) is 25.8 Å². The van der Waals surface area contributed by atoms with Crippen molar-refractivity contribution in [3.63, 3.8) is 0 Å². The zero-order valence-electron chi connectivity index (χ0n) is 11.8. The summed E-state index contributed by atoms with van der Waals surface area (Å²) < 4.78 is 5.08. The summed E-state index contributed by atoms with van der Waals surface area (Å²) in [4.78, 5) is 17.0. The molecule has 7 nitrogen and oxygen atoms in total. The van der Waals surface area contributed by atoms with E-state index in [1.54, 1.807) is 0 Å². The maximum absolute atomic E-state index is 11.2. The van der Waals surface area contributed by atoms with Crippen LogP contribution in [0, 0.1) is 16.0 Å². The molecule has 2 rings (SSSR count). The van der Waals surface area contributed by atoms with E-state index in [1.807, 2.05) is 4.90 Å². The van der Waals surface area contributed by atoms with E-state index in [-0.39, 0.29) is 11.7 Å². The Bertz CT molecular complexity index is 495. The molecule has 2 heterocycles. The molecule has 0 radical (unpaired) electrons. The molecular weight excluding hydrogens is 260 g/mol. The molecular formula is C13H20N4O3. The predicted molar refractivity (Wildman–Crippen MR) is 76.0 cm³/mol. The van der Waals surface area contributed by atoms with Crippen LogP contribution in [-0.4, -0.2) is 36.1 Å². The summed E-state index contributed by atoms with van der Waals surface area (Å²) in [7, 11) is 1.50. The Balaban J connectivity index is 2.40. The van der Waals surface area contributed by atoms with Gasteiger partial charge in [-0.05, 0) is 32.2 Å². The van der Waals surface area contributed by atoms with Crippen LogP contribution in [0.5, 0.6) is 5.88 Å². The highest BCUT2D eigenvalue weighted by Crippen LogP contribution is 2.33. The summed E-state index contributed by atoms with van der Waals surface area (Å²) >= 11 is 0. The zero-order chi connectivity index (χ0) is 14.7. The Labute approximate surface area is 117 Å². The van der Waals surface area contributed by atoms with Crippen molar-refractivity contribution in [1.29, 1.82) is 0 Å².